The molecule has 1 atom stereocenters. The predicted molar refractivity (Wildman–Crippen MR) is 77.5 cm³/mol. The highest BCUT2D eigenvalue weighted by Gasteiger charge is 2.27. The fourth-order valence-corrected chi connectivity index (χ4v) is 3.40. The number of imidazole rings is 1. The Morgan fingerprint density at radius 1 is 1.25 bits per heavy atom. The summed E-state index contributed by atoms with van der Waals surface area (Å²) in [5.41, 5.74) is 0. The van der Waals surface area contributed by atoms with Crippen LogP contribution in [0.25, 0.3) is 0 Å². The van der Waals surface area contributed by atoms with E-state index in [2.05, 4.69) is 15.3 Å². The second-order valence-corrected chi connectivity index (χ2v) is 6.04. The van der Waals surface area contributed by atoms with Crippen molar-refractivity contribution in [2.45, 2.75) is 56.9 Å². The first-order valence-electron chi connectivity index (χ1n) is 7.87. The molecule has 1 aliphatic heterocycles. The van der Waals surface area contributed by atoms with Gasteiger partial charge in [0.05, 0.1) is 0 Å². The minimum atomic E-state index is 0.119. The largest absolute Gasteiger partial charge is 0.348 e. The Morgan fingerprint density at radius 2 is 2.10 bits per heavy atom. The van der Waals surface area contributed by atoms with Crippen molar-refractivity contribution in [3.05, 3.63) is 18.2 Å². The van der Waals surface area contributed by atoms with Gasteiger partial charge in [-0.2, -0.15) is 0 Å². The van der Waals surface area contributed by atoms with E-state index >= 15 is 0 Å². The van der Waals surface area contributed by atoms with Gasteiger partial charge in [-0.15, -0.1) is 0 Å². The second-order valence-electron chi connectivity index (χ2n) is 6.04. The van der Waals surface area contributed by atoms with Crippen LogP contribution in [0.2, 0.25) is 0 Å². The van der Waals surface area contributed by atoms with Crippen LogP contribution in [0.4, 0.5) is 4.79 Å². The van der Waals surface area contributed by atoms with Gasteiger partial charge in [0.15, 0.2) is 0 Å². The number of aromatic amines is 1. The van der Waals surface area contributed by atoms with Crippen molar-refractivity contribution in [2.75, 3.05) is 13.1 Å². The van der Waals surface area contributed by atoms with Gasteiger partial charge in [0.2, 0.25) is 0 Å². The summed E-state index contributed by atoms with van der Waals surface area (Å²) in [7, 11) is 0. The molecule has 110 valence electrons. The lowest BCUT2D eigenvalue weighted by molar-refractivity contribution is 0.171. The van der Waals surface area contributed by atoms with Gasteiger partial charge >= 0.3 is 6.03 Å². The predicted octanol–water partition coefficient (Wildman–Crippen LogP) is 2.63. The first-order valence-corrected chi connectivity index (χ1v) is 7.87. The van der Waals surface area contributed by atoms with Crippen molar-refractivity contribution in [1.82, 2.24) is 20.2 Å². The van der Waals surface area contributed by atoms with Gasteiger partial charge in [-0.05, 0) is 25.7 Å². The summed E-state index contributed by atoms with van der Waals surface area (Å²) >= 11 is 0. The van der Waals surface area contributed by atoms with Gasteiger partial charge in [0, 0.05) is 37.4 Å². The van der Waals surface area contributed by atoms with E-state index < -0.39 is 0 Å². The lowest BCUT2D eigenvalue weighted by Crippen LogP contribution is -2.48. The maximum absolute atomic E-state index is 12.4. The average Bonchev–Trinajstić information content (AvgIpc) is 3.03. The first kappa shape index (κ1) is 13.5. The highest BCUT2D eigenvalue weighted by molar-refractivity contribution is 5.74. The molecule has 3 rings (SSSR count). The number of carbonyl (C=O) groups is 1. The van der Waals surface area contributed by atoms with Crippen LogP contribution < -0.4 is 5.32 Å². The second kappa shape index (κ2) is 6.29. The van der Waals surface area contributed by atoms with Gasteiger partial charge in [-0.1, -0.05) is 19.3 Å². The molecule has 2 fully saturated rings. The Kier molecular flexibility index (Phi) is 4.23. The van der Waals surface area contributed by atoms with E-state index in [0.29, 0.717) is 12.0 Å². The molecule has 1 saturated carbocycles. The van der Waals surface area contributed by atoms with Crippen LogP contribution >= 0.6 is 0 Å². The molecule has 1 aliphatic carbocycles. The van der Waals surface area contributed by atoms with E-state index in [-0.39, 0.29) is 6.03 Å². The van der Waals surface area contributed by atoms with Crippen molar-refractivity contribution in [3.63, 3.8) is 0 Å². The molecule has 0 radical (unpaired) electrons. The number of piperidine rings is 1. The molecule has 2 N–H and O–H groups in total. The Morgan fingerprint density at radius 3 is 2.85 bits per heavy atom. The molecule has 2 amide bonds. The van der Waals surface area contributed by atoms with Crippen molar-refractivity contribution >= 4 is 6.03 Å². The number of likely N-dealkylation sites (tertiary alicyclic amines) is 1. The number of nitrogens with zero attached hydrogens (tertiary/aromatic N) is 2. The molecule has 0 spiro atoms. The summed E-state index contributed by atoms with van der Waals surface area (Å²) in [5.74, 6) is 1.37. The van der Waals surface area contributed by atoms with Crippen LogP contribution in [0.15, 0.2) is 12.4 Å². The highest BCUT2D eigenvalue weighted by atomic mass is 16.2. The molecule has 5 heteroatoms. The van der Waals surface area contributed by atoms with E-state index in [1.807, 2.05) is 11.1 Å². The van der Waals surface area contributed by atoms with Gasteiger partial charge < -0.3 is 15.2 Å². The Bertz CT molecular complexity index is 425. The molecule has 0 bridgehead atoms. The monoisotopic (exact) mass is 276 g/mol. The number of urea groups is 1. The molecule has 5 nitrogen and oxygen atoms in total. The maximum Gasteiger partial charge on any atom is 0.317 e. The summed E-state index contributed by atoms with van der Waals surface area (Å²) in [4.78, 5) is 21.8. The Labute approximate surface area is 120 Å². The van der Waals surface area contributed by atoms with E-state index in [9.17, 15) is 4.79 Å². The third-order valence-corrected chi connectivity index (χ3v) is 4.55. The van der Waals surface area contributed by atoms with Crippen LogP contribution in [0.5, 0.6) is 0 Å². The minimum Gasteiger partial charge on any atom is -0.348 e. The van der Waals surface area contributed by atoms with Crippen LogP contribution in [0.1, 0.15) is 56.7 Å². The quantitative estimate of drug-likeness (QED) is 0.872. The maximum atomic E-state index is 12.4. The van der Waals surface area contributed by atoms with Crippen LogP contribution in [0, 0.1) is 0 Å². The molecular weight excluding hydrogens is 252 g/mol. The number of hydrogen-bond donors (Lipinski definition) is 2. The number of nitrogens with one attached hydrogen (secondary N) is 2. The van der Waals surface area contributed by atoms with Crippen molar-refractivity contribution in [1.29, 1.82) is 0 Å². The summed E-state index contributed by atoms with van der Waals surface area (Å²) in [6.07, 6.45) is 11.9. The van der Waals surface area contributed by atoms with Crippen molar-refractivity contribution < 1.29 is 4.79 Å². The number of H-pyrrole nitrogens is 1. The Hall–Kier alpha value is -1.52. The summed E-state index contributed by atoms with van der Waals surface area (Å²) in [6.45, 7) is 1.65. The molecule has 1 unspecified atom stereocenters. The molecule has 20 heavy (non-hydrogen) atoms. The van der Waals surface area contributed by atoms with Gasteiger partial charge in [-0.25, -0.2) is 9.78 Å². The molecular formula is C15H24N4O. The zero-order valence-corrected chi connectivity index (χ0v) is 12.0. The first-order chi connectivity index (χ1) is 9.83. The lowest BCUT2D eigenvalue weighted by Gasteiger charge is -2.34. The smallest absolute Gasteiger partial charge is 0.317 e. The average molecular weight is 276 g/mol. The van der Waals surface area contributed by atoms with E-state index in [0.717, 1.165) is 44.6 Å². The fourth-order valence-electron chi connectivity index (χ4n) is 3.40. The third kappa shape index (κ3) is 3.14. The van der Waals surface area contributed by atoms with Crippen LogP contribution in [-0.4, -0.2) is 40.0 Å². The zero-order chi connectivity index (χ0) is 13.8. The van der Waals surface area contributed by atoms with Crippen molar-refractivity contribution in [3.8, 4) is 0 Å². The summed E-state index contributed by atoms with van der Waals surface area (Å²) in [6, 6.07) is 0.508. The van der Waals surface area contributed by atoms with E-state index in [4.69, 9.17) is 0 Å². The molecule has 1 aromatic heterocycles. The van der Waals surface area contributed by atoms with Gasteiger partial charge in [-0.3, -0.25) is 0 Å². The highest BCUT2D eigenvalue weighted by Crippen LogP contribution is 2.24. The standard InChI is InChI=1S/C15H24N4O/c20-15(18-13-6-2-1-3-7-13)19-10-4-5-12(11-19)14-16-8-9-17-14/h8-9,12-13H,1-7,10-11H2,(H,16,17)(H,18,20). The van der Waals surface area contributed by atoms with Crippen molar-refractivity contribution in [2.24, 2.45) is 0 Å². The van der Waals surface area contributed by atoms with Crippen LogP contribution in [-0.2, 0) is 0 Å². The topological polar surface area (TPSA) is 61.0 Å². The number of rotatable bonds is 2. The Balaban J connectivity index is 1.54. The number of hydrogen-bond acceptors (Lipinski definition) is 2. The van der Waals surface area contributed by atoms with Crippen LogP contribution in [0.3, 0.4) is 0 Å². The molecule has 1 aromatic rings. The lowest BCUT2D eigenvalue weighted by atomic mass is 9.95. The molecule has 2 heterocycles. The molecule has 0 aromatic carbocycles. The SMILES string of the molecule is O=C(NC1CCCCC1)N1CCCC(c2ncc[nH]2)C1. The molecule has 2 aliphatic rings. The number of carbonyl (C=O) groups excluding carboxylic acids is 1. The fraction of sp³-hybridized carbons (Fsp3) is 0.733. The summed E-state index contributed by atoms with van der Waals surface area (Å²) in [5, 5.41) is 3.21. The normalized spacial score (nSPS) is 24.6. The number of aromatic nitrogens is 2. The van der Waals surface area contributed by atoms with Gasteiger partial charge in [0.25, 0.3) is 0 Å². The van der Waals surface area contributed by atoms with Gasteiger partial charge in [0.1, 0.15) is 5.82 Å². The molecule has 1 saturated heterocycles. The number of amides is 2. The summed E-state index contributed by atoms with van der Waals surface area (Å²) < 4.78 is 0. The third-order valence-electron chi connectivity index (χ3n) is 4.55. The van der Waals surface area contributed by atoms with E-state index in [1.165, 1.54) is 19.3 Å². The zero-order valence-electron chi connectivity index (χ0n) is 12.0. The minimum absolute atomic E-state index is 0.119. The van der Waals surface area contributed by atoms with E-state index in [1.54, 1.807) is 6.20 Å².